The third kappa shape index (κ3) is 11.3. The Morgan fingerprint density at radius 2 is 0.798 bits per heavy atom. The molecule has 5 heteroatoms. The second-order valence-corrected chi connectivity index (χ2v) is 28.2. The van der Waals surface area contributed by atoms with E-state index in [1.807, 2.05) is 19.9 Å². The molecule has 0 fully saturated rings. The summed E-state index contributed by atoms with van der Waals surface area (Å²) >= 11 is 0. The Morgan fingerprint density at radius 3 is 1.13 bits per heavy atom. The quantitative estimate of drug-likeness (QED) is 0.109. The first kappa shape index (κ1) is 59.7. The molecule has 13 rings (SSSR count). The summed E-state index contributed by atoms with van der Waals surface area (Å²) in [7, 11) is 0. The monoisotopic (exact) mass is 1170 g/mol. The van der Waals surface area contributed by atoms with E-state index in [2.05, 4.69) is 311 Å². The average Bonchev–Trinajstić information content (AvgIpc) is 1.56. The van der Waals surface area contributed by atoms with Gasteiger partial charge in [0.25, 0.3) is 0 Å². The number of benzene rings is 10. The maximum Gasteiger partial charge on any atom is 0.135 e. The van der Waals surface area contributed by atoms with Gasteiger partial charge in [-0.05, 0) is 224 Å². The molecule has 0 amide bonds. The van der Waals surface area contributed by atoms with E-state index in [9.17, 15) is 0 Å². The van der Waals surface area contributed by atoms with E-state index in [0.29, 0.717) is 0 Å². The minimum atomic E-state index is 0.0405. The largest absolute Gasteiger partial charge is 0.509 e. The van der Waals surface area contributed by atoms with E-state index < -0.39 is 0 Å². The molecule has 0 atom stereocenters. The van der Waals surface area contributed by atoms with Gasteiger partial charge in [-0.15, -0.1) is 0 Å². The minimum absolute atomic E-state index is 0.0405. The average molecular weight is 1170 g/mol. The number of anilines is 6. The lowest BCUT2D eigenvalue weighted by molar-refractivity contribution is 0.435. The Morgan fingerprint density at radius 1 is 0.416 bits per heavy atom. The van der Waals surface area contributed by atoms with Gasteiger partial charge in [-0.2, -0.15) is 0 Å². The molecule has 3 aromatic heterocycles. The topological polar surface area (TPSA) is 44.3 Å². The highest BCUT2D eigenvalue weighted by molar-refractivity contribution is 6.27. The van der Waals surface area contributed by atoms with Crippen molar-refractivity contribution in [1.29, 1.82) is 0 Å². The molecule has 89 heavy (non-hydrogen) atoms. The van der Waals surface area contributed by atoms with Gasteiger partial charge in [-0.25, -0.2) is 0 Å². The molecular weight excluding hydrogens is 1080 g/mol. The van der Waals surface area contributed by atoms with Crippen LogP contribution < -0.4 is 9.80 Å². The zero-order valence-electron chi connectivity index (χ0n) is 54.4. The standard InChI is InChI=1S/C79H75N3O.C5H8O/c1-15-17-65-68-44-51(20-39-74(68)83-73(65)16-2)54-45-69-66-42-49-18-29-63(80(59-31-21-55(22-32-59)76(3,4)5)60-33-23-56(24-34-60)77(6,7)8)40-52(49)47-71(66)82-72-48-53-41-64(30-19-50(53)43-67(72)70(46-54)75(69)82)81(61-35-25-57(26-36-61)78(9,10)11)62-37-27-58(28-38-62)79(12,13)14;1-3-4-5(2)6/h15-48H,2H2,1,3-14H3;3-4,6H,2H2,1H3/b17-15-;4-3-. The van der Waals surface area contributed by atoms with Crippen LogP contribution in [0.4, 0.5) is 34.1 Å². The number of fused-ring (bicyclic) bond motifs is 9. The Balaban J connectivity index is 0.00000122. The molecule has 10 aromatic carbocycles. The molecule has 5 nitrogen and oxygen atoms in total. The maximum absolute atomic E-state index is 8.27. The Bertz CT molecular complexity index is 4540. The molecule has 0 unspecified atom stereocenters. The van der Waals surface area contributed by atoms with Crippen LogP contribution in [0.2, 0.25) is 0 Å². The van der Waals surface area contributed by atoms with Crippen LogP contribution in [0.3, 0.4) is 0 Å². The van der Waals surface area contributed by atoms with Crippen molar-refractivity contribution in [3.63, 3.8) is 0 Å². The second-order valence-electron chi connectivity index (χ2n) is 28.2. The molecule has 0 saturated carbocycles. The van der Waals surface area contributed by atoms with Gasteiger partial charge in [0, 0.05) is 66.6 Å². The second kappa shape index (κ2) is 22.5. The first-order valence-electron chi connectivity index (χ1n) is 31.3. The van der Waals surface area contributed by atoms with Crippen LogP contribution in [-0.4, -0.2) is 9.51 Å². The zero-order chi connectivity index (χ0) is 63.1. The van der Waals surface area contributed by atoms with Crippen molar-refractivity contribution < 1.29 is 9.52 Å². The minimum Gasteiger partial charge on any atom is -0.509 e. The highest BCUT2D eigenvalue weighted by Crippen LogP contribution is 2.47. The zero-order valence-corrected chi connectivity index (χ0v) is 54.4. The Kier molecular flexibility index (Phi) is 15.1. The highest BCUT2D eigenvalue weighted by atomic mass is 16.3. The first-order chi connectivity index (χ1) is 42.3. The van der Waals surface area contributed by atoms with E-state index in [0.717, 1.165) is 67.5 Å². The number of aromatic nitrogens is 1. The molecule has 0 radical (unpaired) electrons. The van der Waals surface area contributed by atoms with Gasteiger partial charge >= 0.3 is 0 Å². The van der Waals surface area contributed by atoms with Gasteiger partial charge in [0.2, 0.25) is 0 Å². The third-order valence-electron chi connectivity index (χ3n) is 17.7. The van der Waals surface area contributed by atoms with E-state index in [-0.39, 0.29) is 27.4 Å². The van der Waals surface area contributed by atoms with E-state index in [1.54, 1.807) is 6.08 Å². The molecule has 0 aliphatic carbocycles. The lowest BCUT2D eigenvalue weighted by Crippen LogP contribution is -2.14. The van der Waals surface area contributed by atoms with Gasteiger partial charge in [-0.3, -0.25) is 0 Å². The van der Waals surface area contributed by atoms with Gasteiger partial charge < -0.3 is 23.7 Å². The number of furan rings is 1. The Hall–Kier alpha value is -9.58. The van der Waals surface area contributed by atoms with Crippen LogP contribution in [0.1, 0.15) is 131 Å². The Labute approximate surface area is 526 Å². The van der Waals surface area contributed by atoms with Crippen LogP contribution in [0.5, 0.6) is 0 Å². The van der Waals surface area contributed by atoms with Crippen molar-refractivity contribution in [2.24, 2.45) is 0 Å². The molecule has 3 heterocycles. The van der Waals surface area contributed by atoms with Gasteiger partial charge in [0.05, 0.1) is 16.6 Å². The summed E-state index contributed by atoms with van der Waals surface area (Å²) in [6.45, 7) is 38.5. The fraction of sp³-hybridized carbons (Fsp3) is 0.214. The number of hydrogen-bond acceptors (Lipinski definition) is 4. The molecule has 0 bridgehead atoms. The maximum atomic E-state index is 8.27. The smallest absolute Gasteiger partial charge is 0.135 e. The van der Waals surface area contributed by atoms with Crippen molar-refractivity contribution in [3.05, 3.63) is 259 Å². The summed E-state index contributed by atoms with van der Waals surface area (Å²) in [5.41, 5.74) is 19.9. The summed E-state index contributed by atoms with van der Waals surface area (Å²) < 4.78 is 8.88. The molecule has 1 N–H and O–H groups in total. The van der Waals surface area contributed by atoms with Crippen molar-refractivity contribution in [1.82, 2.24) is 4.40 Å². The number of nitrogens with zero attached hydrogens (tertiary/aromatic N) is 3. The lowest BCUT2D eigenvalue weighted by atomic mass is 9.86. The van der Waals surface area contributed by atoms with Crippen molar-refractivity contribution in [2.45, 2.75) is 119 Å². The predicted octanol–water partition coefficient (Wildman–Crippen LogP) is 25.0. The molecule has 0 aliphatic rings. The van der Waals surface area contributed by atoms with Crippen LogP contribution in [0.15, 0.2) is 230 Å². The molecule has 0 aliphatic heterocycles. The van der Waals surface area contributed by atoms with Crippen molar-refractivity contribution in [3.8, 4) is 11.1 Å². The summed E-state index contributed by atoms with van der Waals surface area (Å²) in [6.07, 6.45) is 9.26. The van der Waals surface area contributed by atoms with E-state index in [4.69, 9.17) is 9.52 Å². The predicted molar refractivity (Wildman–Crippen MR) is 387 cm³/mol. The fourth-order valence-corrected chi connectivity index (χ4v) is 12.8. The highest BCUT2D eigenvalue weighted by Gasteiger charge is 2.25. The normalized spacial score (nSPS) is 12.7. The summed E-state index contributed by atoms with van der Waals surface area (Å²) in [4.78, 5) is 4.83. The van der Waals surface area contributed by atoms with Crippen LogP contribution >= 0.6 is 0 Å². The van der Waals surface area contributed by atoms with Gasteiger partial charge in [0.1, 0.15) is 17.1 Å². The van der Waals surface area contributed by atoms with Crippen molar-refractivity contribution >= 4 is 117 Å². The van der Waals surface area contributed by atoms with Gasteiger partial charge in [0.15, 0.2) is 0 Å². The van der Waals surface area contributed by atoms with Gasteiger partial charge in [-0.1, -0.05) is 181 Å². The molecule has 446 valence electrons. The number of allylic oxidation sites excluding steroid dienone is 3. The molecular formula is C84H83N3O2. The van der Waals surface area contributed by atoms with Crippen LogP contribution in [-0.2, 0) is 21.7 Å². The number of hydrogen-bond donors (Lipinski definition) is 1. The summed E-state index contributed by atoms with van der Waals surface area (Å²) in [6, 6.07) is 71.8. The fourth-order valence-electron chi connectivity index (χ4n) is 12.8. The van der Waals surface area contributed by atoms with Crippen LogP contribution in [0, 0.1) is 0 Å². The number of rotatable bonds is 10. The first-order valence-corrected chi connectivity index (χ1v) is 31.3. The third-order valence-corrected chi connectivity index (χ3v) is 17.7. The van der Waals surface area contributed by atoms with E-state index >= 15 is 0 Å². The van der Waals surface area contributed by atoms with E-state index in [1.165, 1.54) is 88.0 Å². The summed E-state index contributed by atoms with van der Waals surface area (Å²) in [5, 5.41) is 19.0. The molecule has 0 saturated heterocycles. The number of aliphatic hydroxyl groups is 1. The summed E-state index contributed by atoms with van der Waals surface area (Å²) in [5.74, 6) is 0.892. The molecule has 13 aromatic rings. The lowest BCUT2D eigenvalue weighted by Gasteiger charge is -2.28. The number of aliphatic hydroxyl groups excluding tert-OH is 1. The molecule has 0 spiro atoms. The SMILES string of the molecule is C=C(O)/C=C\C.C=Cc1oc2ccc(-c3cc4c5cc6ccc(N(c7ccc(C(C)(C)C)cc7)c7ccc(C(C)(C)C)cc7)cc6cc5n5c6cc7cc(N(c8ccc(C(C)(C)C)cc8)c8ccc(C(C)(C)C)cc8)ccc7cc6c(c3)c45)cc2c1/C=C\C. The van der Waals surface area contributed by atoms with Crippen molar-refractivity contribution in [2.75, 3.05) is 9.80 Å². The van der Waals surface area contributed by atoms with Crippen LogP contribution in [0.25, 0.3) is 93.9 Å².